The zero-order valence-corrected chi connectivity index (χ0v) is 19.0. The Labute approximate surface area is 184 Å². The normalized spacial score (nSPS) is 39.5. The van der Waals surface area contributed by atoms with Crippen molar-refractivity contribution in [2.75, 3.05) is 0 Å². The van der Waals surface area contributed by atoms with E-state index in [4.69, 9.17) is 4.74 Å². The fourth-order valence-electron chi connectivity index (χ4n) is 7.82. The number of hydrogen-bond acceptors (Lipinski definition) is 3. The largest absolute Gasteiger partial charge is 0.387 e. The van der Waals surface area contributed by atoms with Gasteiger partial charge in [0.2, 0.25) is 0 Å². The smallest absolute Gasteiger partial charge is 0.187 e. The van der Waals surface area contributed by atoms with Crippen molar-refractivity contribution in [3.05, 3.63) is 47.2 Å². The number of carbonyl (C=O) groups excluding carboxylic acids is 1. The second-order valence-electron chi connectivity index (χ2n) is 11.4. The van der Waals surface area contributed by atoms with E-state index >= 15 is 0 Å². The number of ether oxygens (including phenoxy) is 1. The second kappa shape index (κ2) is 6.11. The number of aromatic nitrogens is 1. The number of aliphatic hydroxyl groups is 1. The van der Waals surface area contributed by atoms with Gasteiger partial charge in [-0.3, -0.25) is 4.79 Å². The zero-order chi connectivity index (χ0) is 21.8. The molecule has 0 amide bonds. The van der Waals surface area contributed by atoms with Crippen molar-refractivity contribution in [1.82, 2.24) is 4.98 Å². The van der Waals surface area contributed by atoms with Gasteiger partial charge in [0.1, 0.15) is 6.10 Å². The van der Waals surface area contributed by atoms with Crippen LogP contribution < -0.4 is 0 Å². The van der Waals surface area contributed by atoms with E-state index in [1.165, 1.54) is 34.2 Å². The highest BCUT2D eigenvalue weighted by Gasteiger charge is 2.64. The molecule has 2 aromatic rings. The van der Waals surface area contributed by atoms with Crippen LogP contribution in [0.15, 0.2) is 35.9 Å². The highest BCUT2D eigenvalue weighted by molar-refractivity contribution is 5.96. The van der Waals surface area contributed by atoms with E-state index in [1.54, 1.807) is 13.8 Å². The average Bonchev–Trinajstić information content (AvgIpc) is 3.22. The van der Waals surface area contributed by atoms with Gasteiger partial charge in [0.05, 0.1) is 11.7 Å². The first-order valence-electron chi connectivity index (χ1n) is 11.9. The molecule has 2 N–H and O–H groups in total. The summed E-state index contributed by atoms with van der Waals surface area (Å²) in [7, 11) is 0. The van der Waals surface area contributed by atoms with E-state index in [0.717, 1.165) is 25.7 Å². The Morgan fingerprint density at radius 1 is 1.16 bits per heavy atom. The molecule has 4 aliphatic rings. The molecule has 3 aliphatic carbocycles. The molecule has 4 heteroatoms. The molecule has 0 bridgehead atoms. The molecule has 2 heterocycles. The minimum absolute atomic E-state index is 0.0454. The molecule has 6 rings (SSSR count). The molecule has 1 aliphatic heterocycles. The molecule has 164 valence electrons. The van der Waals surface area contributed by atoms with Gasteiger partial charge in [-0.05, 0) is 86.5 Å². The minimum Gasteiger partial charge on any atom is -0.387 e. The second-order valence-corrected chi connectivity index (χ2v) is 11.4. The quantitative estimate of drug-likeness (QED) is 0.695. The van der Waals surface area contributed by atoms with Crippen molar-refractivity contribution in [3.8, 4) is 0 Å². The van der Waals surface area contributed by atoms with Crippen LogP contribution in [0.4, 0.5) is 0 Å². The number of benzene rings is 1. The Morgan fingerprint density at radius 3 is 2.71 bits per heavy atom. The number of fused-ring (bicyclic) bond motifs is 9. The van der Waals surface area contributed by atoms with Gasteiger partial charge >= 0.3 is 0 Å². The number of carbonyl (C=O) groups is 1. The summed E-state index contributed by atoms with van der Waals surface area (Å²) in [6.07, 6.45) is 6.48. The van der Waals surface area contributed by atoms with Gasteiger partial charge in [0, 0.05) is 22.0 Å². The molecule has 1 aromatic heterocycles. The topological polar surface area (TPSA) is 62.3 Å². The number of nitrogens with one attached hydrogen (secondary N) is 1. The molecule has 4 nitrogen and oxygen atoms in total. The number of aromatic amines is 1. The predicted molar refractivity (Wildman–Crippen MR) is 121 cm³/mol. The Kier molecular flexibility index (Phi) is 3.89. The summed E-state index contributed by atoms with van der Waals surface area (Å²) in [4.78, 5) is 16.8. The third kappa shape index (κ3) is 2.41. The first-order valence-corrected chi connectivity index (χ1v) is 11.9. The first-order chi connectivity index (χ1) is 14.6. The fraction of sp³-hybridized carbons (Fsp3) is 0.593. The van der Waals surface area contributed by atoms with Crippen LogP contribution >= 0.6 is 0 Å². The summed E-state index contributed by atoms with van der Waals surface area (Å²) in [5.41, 5.74) is 4.36. The van der Waals surface area contributed by atoms with E-state index in [9.17, 15) is 9.90 Å². The molecule has 6 atom stereocenters. The van der Waals surface area contributed by atoms with Crippen LogP contribution in [0, 0.1) is 17.3 Å². The van der Waals surface area contributed by atoms with Crippen LogP contribution in [0.2, 0.25) is 0 Å². The van der Waals surface area contributed by atoms with Crippen LogP contribution in [-0.2, 0) is 21.4 Å². The molecule has 2 fully saturated rings. The summed E-state index contributed by atoms with van der Waals surface area (Å²) in [5.74, 6) is 0.908. The Morgan fingerprint density at radius 2 is 1.94 bits per heavy atom. The summed E-state index contributed by atoms with van der Waals surface area (Å²) >= 11 is 0. The lowest BCUT2D eigenvalue weighted by Crippen LogP contribution is -2.59. The maximum absolute atomic E-state index is 12.9. The van der Waals surface area contributed by atoms with Crippen molar-refractivity contribution in [1.29, 1.82) is 0 Å². The molecule has 4 unspecified atom stereocenters. The minimum atomic E-state index is -1.16. The van der Waals surface area contributed by atoms with Crippen LogP contribution in [0.3, 0.4) is 0 Å². The van der Waals surface area contributed by atoms with Gasteiger partial charge in [-0.15, -0.1) is 0 Å². The van der Waals surface area contributed by atoms with Crippen molar-refractivity contribution < 1.29 is 14.6 Å². The molecule has 0 spiro atoms. The van der Waals surface area contributed by atoms with Crippen molar-refractivity contribution >= 4 is 16.7 Å². The number of hydrogen-bond donors (Lipinski definition) is 2. The molecule has 0 saturated heterocycles. The maximum atomic E-state index is 12.9. The molecular weight excluding hydrogens is 386 g/mol. The van der Waals surface area contributed by atoms with Gasteiger partial charge in [-0.2, -0.15) is 0 Å². The predicted octanol–water partition coefficient (Wildman–Crippen LogP) is 4.84. The highest BCUT2D eigenvalue weighted by Crippen LogP contribution is 2.67. The van der Waals surface area contributed by atoms with E-state index in [2.05, 4.69) is 43.1 Å². The summed E-state index contributed by atoms with van der Waals surface area (Å²) in [6.45, 7) is 8.29. The van der Waals surface area contributed by atoms with Gasteiger partial charge < -0.3 is 14.8 Å². The lowest BCUT2D eigenvalue weighted by atomic mass is 9.44. The van der Waals surface area contributed by atoms with Crippen molar-refractivity contribution in [2.45, 2.75) is 83.0 Å². The first kappa shape index (κ1) is 19.8. The Bertz CT molecular complexity index is 1120. The monoisotopic (exact) mass is 419 g/mol. The van der Waals surface area contributed by atoms with Gasteiger partial charge in [-0.1, -0.05) is 32.0 Å². The van der Waals surface area contributed by atoms with E-state index in [1.807, 2.05) is 6.08 Å². The Balaban J connectivity index is 1.46. The van der Waals surface area contributed by atoms with E-state index in [0.29, 0.717) is 11.8 Å². The van der Waals surface area contributed by atoms with Crippen LogP contribution in [0.5, 0.6) is 0 Å². The molecule has 1 aromatic carbocycles. The van der Waals surface area contributed by atoms with Gasteiger partial charge in [0.25, 0.3) is 0 Å². The average molecular weight is 420 g/mol. The number of ketones is 1. The number of para-hydroxylation sites is 1. The van der Waals surface area contributed by atoms with Crippen LogP contribution in [-0.4, -0.2) is 33.7 Å². The molecule has 0 radical (unpaired) electrons. The van der Waals surface area contributed by atoms with Gasteiger partial charge in [-0.25, -0.2) is 0 Å². The number of H-pyrrole nitrogens is 1. The van der Waals surface area contributed by atoms with Crippen molar-refractivity contribution in [2.24, 2.45) is 17.3 Å². The summed E-state index contributed by atoms with van der Waals surface area (Å²) in [5, 5.41) is 11.8. The number of rotatable bonds is 1. The SMILES string of the molecule is CC(C)(O)C1OC2CC[C@@]3(C)C(CCC4Cc5c([nH]c6ccccc56)[C@@]43C)C2=CC1=O. The third-order valence-electron chi connectivity index (χ3n) is 9.57. The van der Waals surface area contributed by atoms with E-state index < -0.39 is 11.7 Å². The zero-order valence-electron chi connectivity index (χ0n) is 19.0. The molecule has 2 saturated carbocycles. The lowest BCUT2D eigenvalue weighted by molar-refractivity contribution is -0.161. The molecular formula is C27H33NO3. The maximum Gasteiger partial charge on any atom is 0.187 e. The highest BCUT2D eigenvalue weighted by atomic mass is 16.5. The van der Waals surface area contributed by atoms with Crippen LogP contribution in [0.25, 0.3) is 10.9 Å². The summed E-state index contributed by atoms with van der Waals surface area (Å²) in [6, 6.07) is 8.71. The fourth-order valence-corrected chi connectivity index (χ4v) is 7.82. The third-order valence-corrected chi connectivity index (χ3v) is 9.57. The standard InChI is InChI=1S/C27H33NO3/c1-25(2,30)24-21(29)14-18-19-10-9-15-13-17-16-7-5-6-8-20(16)28-23(17)27(15,4)26(19,3)12-11-22(18)31-24/h5-8,14-15,19,22,24,28,30H,9-13H2,1-4H3/t15?,19?,22?,24?,26-,27+/m0/s1. The van der Waals surface area contributed by atoms with Crippen LogP contribution in [0.1, 0.15) is 64.6 Å². The van der Waals surface area contributed by atoms with Gasteiger partial charge in [0.15, 0.2) is 5.78 Å². The molecule has 31 heavy (non-hydrogen) atoms. The van der Waals surface area contributed by atoms with E-state index in [-0.39, 0.29) is 22.7 Å². The summed E-state index contributed by atoms with van der Waals surface area (Å²) < 4.78 is 6.25. The van der Waals surface area contributed by atoms with Crippen molar-refractivity contribution in [3.63, 3.8) is 0 Å². The Hall–Kier alpha value is -1.91. The lowest BCUT2D eigenvalue weighted by Gasteiger charge is -2.60.